The Hall–Kier alpha value is -0.930. The van der Waals surface area contributed by atoms with Gasteiger partial charge in [-0.3, -0.25) is 0 Å². The fourth-order valence-electron chi connectivity index (χ4n) is 1.57. The minimum atomic E-state index is -0.121. The Labute approximate surface area is 97.3 Å². The molecule has 0 aliphatic heterocycles. The van der Waals surface area contributed by atoms with E-state index in [2.05, 4.69) is 17.6 Å². The summed E-state index contributed by atoms with van der Waals surface area (Å²) in [6.45, 7) is 7.83. The van der Waals surface area contributed by atoms with Crippen LogP contribution in [-0.2, 0) is 6.42 Å². The topological polar surface area (TPSA) is 24.1 Å². The lowest BCUT2D eigenvalue weighted by atomic mass is 10.1. The first-order chi connectivity index (χ1) is 7.74. The first kappa shape index (κ1) is 13.1. The first-order valence-electron chi connectivity index (χ1n) is 5.90. The maximum absolute atomic E-state index is 13.0. The van der Waals surface area contributed by atoms with Crippen molar-refractivity contribution in [1.29, 1.82) is 0 Å². The van der Waals surface area contributed by atoms with E-state index in [0.717, 1.165) is 38.2 Å². The molecule has 0 amide bonds. The lowest BCUT2D eigenvalue weighted by Gasteiger charge is -2.06. The number of likely N-dealkylation sites (N-methyl/N-ethyl adjacent to an activating group) is 1. The molecule has 0 unspecified atom stereocenters. The molecule has 0 heterocycles. The fourth-order valence-corrected chi connectivity index (χ4v) is 1.57. The molecule has 0 saturated carbocycles. The van der Waals surface area contributed by atoms with Crippen LogP contribution >= 0.6 is 0 Å². The summed E-state index contributed by atoms with van der Waals surface area (Å²) in [6, 6.07) is 5.32. The standard InChI is InChI=1S/C13H21FN2/c1-3-15-8-9-16-7-6-12-4-5-13(14)11(2)10-12/h4-5,10,15-16H,3,6-9H2,1-2H3. The highest BCUT2D eigenvalue weighted by Gasteiger charge is 1.98. The van der Waals surface area contributed by atoms with Crippen molar-refractivity contribution in [3.63, 3.8) is 0 Å². The van der Waals surface area contributed by atoms with Crippen LogP contribution in [0.3, 0.4) is 0 Å². The molecule has 0 aliphatic rings. The molecule has 16 heavy (non-hydrogen) atoms. The minimum absolute atomic E-state index is 0.121. The third-order valence-corrected chi connectivity index (χ3v) is 2.54. The van der Waals surface area contributed by atoms with Crippen molar-refractivity contribution in [3.05, 3.63) is 35.1 Å². The van der Waals surface area contributed by atoms with Crippen LogP contribution in [0, 0.1) is 12.7 Å². The molecule has 90 valence electrons. The van der Waals surface area contributed by atoms with Gasteiger partial charge in [-0.05, 0) is 43.6 Å². The Morgan fingerprint density at radius 2 is 1.88 bits per heavy atom. The number of halogens is 1. The normalized spacial score (nSPS) is 10.7. The molecular formula is C13H21FN2. The molecule has 0 spiro atoms. The van der Waals surface area contributed by atoms with E-state index < -0.39 is 0 Å². The van der Waals surface area contributed by atoms with Gasteiger partial charge in [-0.15, -0.1) is 0 Å². The quantitative estimate of drug-likeness (QED) is 0.691. The van der Waals surface area contributed by atoms with Gasteiger partial charge in [-0.25, -0.2) is 4.39 Å². The number of nitrogens with one attached hydrogen (secondary N) is 2. The van der Waals surface area contributed by atoms with Crippen molar-refractivity contribution in [1.82, 2.24) is 10.6 Å². The molecular weight excluding hydrogens is 203 g/mol. The van der Waals surface area contributed by atoms with E-state index in [9.17, 15) is 4.39 Å². The summed E-state index contributed by atoms with van der Waals surface area (Å²) >= 11 is 0. The molecule has 0 bridgehead atoms. The van der Waals surface area contributed by atoms with Gasteiger partial charge in [0.15, 0.2) is 0 Å². The van der Waals surface area contributed by atoms with Gasteiger partial charge in [0.05, 0.1) is 0 Å². The van der Waals surface area contributed by atoms with Gasteiger partial charge >= 0.3 is 0 Å². The Bertz CT molecular complexity index is 313. The summed E-state index contributed by atoms with van der Waals surface area (Å²) in [5.74, 6) is -0.121. The summed E-state index contributed by atoms with van der Waals surface area (Å²) in [5, 5.41) is 6.60. The van der Waals surface area contributed by atoms with Gasteiger partial charge in [-0.1, -0.05) is 19.1 Å². The molecule has 0 saturated heterocycles. The van der Waals surface area contributed by atoms with Crippen LogP contribution in [0.25, 0.3) is 0 Å². The maximum atomic E-state index is 13.0. The Balaban J connectivity index is 2.19. The third kappa shape index (κ3) is 4.73. The van der Waals surface area contributed by atoms with Crippen LogP contribution in [0.4, 0.5) is 4.39 Å². The number of aryl methyl sites for hydroxylation is 1. The van der Waals surface area contributed by atoms with Gasteiger partial charge in [0.25, 0.3) is 0 Å². The Kier molecular flexibility index (Phi) is 6.04. The Morgan fingerprint density at radius 1 is 1.12 bits per heavy atom. The van der Waals surface area contributed by atoms with Crippen molar-refractivity contribution >= 4 is 0 Å². The molecule has 0 aliphatic carbocycles. The maximum Gasteiger partial charge on any atom is 0.126 e. The molecule has 0 fully saturated rings. The van der Waals surface area contributed by atoms with E-state index in [1.54, 1.807) is 13.0 Å². The van der Waals surface area contributed by atoms with Gasteiger partial charge in [0, 0.05) is 13.1 Å². The molecule has 0 radical (unpaired) electrons. The highest BCUT2D eigenvalue weighted by atomic mass is 19.1. The van der Waals surface area contributed by atoms with Crippen molar-refractivity contribution < 1.29 is 4.39 Å². The summed E-state index contributed by atoms with van der Waals surface area (Å²) in [7, 11) is 0. The van der Waals surface area contributed by atoms with Crippen molar-refractivity contribution in [2.24, 2.45) is 0 Å². The predicted molar refractivity (Wildman–Crippen MR) is 66.3 cm³/mol. The summed E-state index contributed by atoms with van der Waals surface area (Å²) in [4.78, 5) is 0. The molecule has 3 heteroatoms. The molecule has 1 aromatic carbocycles. The number of hydrogen-bond donors (Lipinski definition) is 2. The lowest BCUT2D eigenvalue weighted by molar-refractivity contribution is 0.613. The fraction of sp³-hybridized carbons (Fsp3) is 0.538. The van der Waals surface area contributed by atoms with E-state index in [-0.39, 0.29) is 5.82 Å². The third-order valence-electron chi connectivity index (χ3n) is 2.54. The van der Waals surface area contributed by atoms with E-state index in [0.29, 0.717) is 0 Å². The number of hydrogen-bond acceptors (Lipinski definition) is 2. The largest absolute Gasteiger partial charge is 0.316 e. The molecule has 2 nitrogen and oxygen atoms in total. The predicted octanol–water partition coefficient (Wildman–Crippen LogP) is 1.88. The summed E-state index contributed by atoms with van der Waals surface area (Å²) in [5.41, 5.74) is 1.92. The molecule has 1 aromatic rings. The Morgan fingerprint density at radius 3 is 2.56 bits per heavy atom. The number of benzene rings is 1. The van der Waals surface area contributed by atoms with Crippen molar-refractivity contribution in [3.8, 4) is 0 Å². The number of rotatable bonds is 7. The second kappa shape index (κ2) is 7.36. The van der Waals surface area contributed by atoms with Crippen LogP contribution in [0.2, 0.25) is 0 Å². The van der Waals surface area contributed by atoms with E-state index >= 15 is 0 Å². The zero-order valence-corrected chi connectivity index (χ0v) is 10.1. The van der Waals surface area contributed by atoms with Crippen molar-refractivity contribution in [2.45, 2.75) is 20.3 Å². The minimum Gasteiger partial charge on any atom is -0.316 e. The van der Waals surface area contributed by atoms with Gasteiger partial charge < -0.3 is 10.6 Å². The molecule has 1 rings (SSSR count). The SMILES string of the molecule is CCNCCNCCc1ccc(F)c(C)c1. The monoisotopic (exact) mass is 224 g/mol. The van der Waals surface area contributed by atoms with Crippen LogP contribution in [0.1, 0.15) is 18.1 Å². The zero-order chi connectivity index (χ0) is 11.8. The smallest absolute Gasteiger partial charge is 0.126 e. The lowest BCUT2D eigenvalue weighted by Crippen LogP contribution is -2.28. The van der Waals surface area contributed by atoms with E-state index in [4.69, 9.17) is 0 Å². The van der Waals surface area contributed by atoms with Crippen LogP contribution in [-0.4, -0.2) is 26.2 Å². The zero-order valence-electron chi connectivity index (χ0n) is 10.1. The summed E-state index contributed by atoms with van der Waals surface area (Å²) in [6.07, 6.45) is 0.952. The van der Waals surface area contributed by atoms with Crippen LogP contribution in [0.15, 0.2) is 18.2 Å². The average molecular weight is 224 g/mol. The highest BCUT2D eigenvalue weighted by molar-refractivity contribution is 5.24. The van der Waals surface area contributed by atoms with Gasteiger partial charge in [0.1, 0.15) is 5.82 Å². The second-order valence-corrected chi connectivity index (χ2v) is 3.94. The van der Waals surface area contributed by atoms with Crippen molar-refractivity contribution in [2.75, 3.05) is 26.2 Å². The molecule has 0 aromatic heterocycles. The summed E-state index contributed by atoms with van der Waals surface area (Å²) < 4.78 is 13.0. The van der Waals surface area contributed by atoms with Gasteiger partial charge in [-0.2, -0.15) is 0 Å². The molecule has 0 atom stereocenters. The van der Waals surface area contributed by atoms with Crippen LogP contribution < -0.4 is 10.6 Å². The van der Waals surface area contributed by atoms with Crippen LogP contribution in [0.5, 0.6) is 0 Å². The van der Waals surface area contributed by atoms with E-state index in [1.165, 1.54) is 5.56 Å². The average Bonchev–Trinajstić information content (AvgIpc) is 2.28. The molecule has 2 N–H and O–H groups in total. The highest BCUT2D eigenvalue weighted by Crippen LogP contribution is 2.09. The second-order valence-electron chi connectivity index (χ2n) is 3.94. The first-order valence-corrected chi connectivity index (χ1v) is 5.90. The van der Waals surface area contributed by atoms with Gasteiger partial charge in [0.2, 0.25) is 0 Å². The van der Waals surface area contributed by atoms with E-state index in [1.807, 2.05) is 12.1 Å².